The Kier molecular flexibility index (Phi) is 10.8. The van der Waals surface area contributed by atoms with Gasteiger partial charge < -0.3 is 33.7 Å². The van der Waals surface area contributed by atoms with Crippen molar-refractivity contribution in [2.45, 2.75) is 39.2 Å². The van der Waals surface area contributed by atoms with Crippen molar-refractivity contribution in [2.75, 3.05) is 53.6 Å². The first-order valence-corrected chi connectivity index (χ1v) is 18.6. The maximum absolute atomic E-state index is 14.5. The monoisotopic (exact) mass is 735 g/mol. The number of aryl methyl sites for hydroxylation is 3. The molecule has 0 radical (unpaired) electrons. The van der Waals surface area contributed by atoms with Crippen molar-refractivity contribution >= 4 is 22.9 Å². The minimum absolute atomic E-state index is 0.147. The number of fused-ring (bicyclic) bond motifs is 2. The molecule has 1 atom stereocenters. The van der Waals surface area contributed by atoms with Crippen LogP contribution >= 0.6 is 11.3 Å². The number of hydrogen-bond donors (Lipinski definition) is 1. The van der Waals surface area contributed by atoms with Crippen LogP contribution in [0.25, 0.3) is 0 Å². The molecule has 0 aliphatic carbocycles. The normalized spacial score (nSPS) is 15.0. The van der Waals surface area contributed by atoms with Gasteiger partial charge in [0.25, 0.3) is 5.91 Å². The first kappa shape index (κ1) is 36.1. The van der Waals surface area contributed by atoms with Crippen LogP contribution in [-0.2, 0) is 32.2 Å². The highest BCUT2D eigenvalue weighted by Crippen LogP contribution is 2.49. The number of carbonyl (C=O) groups is 1. The number of ether oxygens (including phenoxy) is 6. The fraction of sp³-hybridized carbons (Fsp3) is 0.310. The molecule has 0 saturated carbocycles. The van der Waals surface area contributed by atoms with E-state index in [0.717, 1.165) is 48.1 Å². The fourth-order valence-electron chi connectivity index (χ4n) is 7.10. The Morgan fingerprint density at radius 2 is 1.58 bits per heavy atom. The Morgan fingerprint density at radius 1 is 0.830 bits per heavy atom. The van der Waals surface area contributed by atoms with Crippen molar-refractivity contribution in [1.82, 2.24) is 10.3 Å². The summed E-state index contributed by atoms with van der Waals surface area (Å²) in [5.74, 6) is 4.37. The van der Waals surface area contributed by atoms with Gasteiger partial charge >= 0.3 is 0 Å². The number of likely N-dealkylation sites (N-methyl/N-ethyl adjacent to an activating group) is 1. The van der Waals surface area contributed by atoms with Crippen LogP contribution in [0.4, 0.5) is 5.69 Å². The number of thiophene rings is 1. The molecule has 5 aromatic rings. The Balaban J connectivity index is 1.44. The molecular formula is C42H45N3O7S. The lowest BCUT2D eigenvalue weighted by Crippen LogP contribution is -2.49. The molecule has 4 aliphatic heterocycles. The molecule has 11 heteroatoms. The minimum Gasteiger partial charge on any atom is -0.493 e. The number of nitrogens with zero attached hydrogens (tertiary/aromatic N) is 2. The number of amides is 1. The molecular weight excluding hydrogens is 691 g/mol. The number of hydrazine groups is 1. The van der Waals surface area contributed by atoms with Gasteiger partial charge in [-0.2, -0.15) is 0 Å². The number of hydrogen-bond acceptors (Lipinski definition) is 10. The number of benzene rings is 4. The topological polar surface area (TPSA) is 91.0 Å². The first-order chi connectivity index (χ1) is 25.8. The predicted octanol–water partition coefficient (Wildman–Crippen LogP) is 8.16. The van der Waals surface area contributed by atoms with Crippen LogP contribution in [0.3, 0.4) is 0 Å². The molecule has 0 saturated heterocycles. The summed E-state index contributed by atoms with van der Waals surface area (Å²) in [7, 11) is 8.47. The van der Waals surface area contributed by atoms with Gasteiger partial charge in [-0.1, -0.05) is 18.2 Å². The number of carbonyl (C=O) groups excluding carboxylic acids is 1. The predicted molar refractivity (Wildman–Crippen MR) is 207 cm³/mol. The van der Waals surface area contributed by atoms with Gasteiger partial charge in [0.05, 0.1) is 39.0 Å². The Bertz CT molecular complexity index is 2100. The summed E-state index contributed by atoms with van der Waals surface area (Å²) in [6, 6.07) is 21.9. The van der Waals surface area contributed by atoms with Crippen molar-refractivity contribution in [2.24, 2.45) is 0 Å². The van der Waals surface area contributed by atoms with Crippen LogP contribution in [0.5, 0.6) is 46.0 Å². The van der Waals surface area contributed by atoms with Crippen LogP contribution in [0, 0.1) is 6.92 Å². The Morgan fingerprint density at radius 3 is 2.28 bits per heavy atom. The highest BCUT2D eigenvalue weighted by Gasteiger charge is 2.34. The maximum atomic E-state index is 14.5. The van der Waals surface area contributed by atoms with Gasteiger partial charge in [0.15, 0.2) is 34.5 Å². The molecule has 1 unspecified atom stereocenters. The van der Waals surface area contributed by atoms with E-state index >= 15 is 0 Å². The number of methoxy groups -OCH3 is 4. The molecule has 5 heterocycles. The van der Waals surface area contributed by atoms with Gasteiger partial charge in [-0.15, -0.1) is 11.3 Å². The highest BCUT2D eigenvalue weighted by atomic mass is 32.1. The molecule has 10 nitrogen and oxygen atoms in total. The molecule has 4 aliphatic rings. The smallest absolute Gasteiger partial charge is 0.282 e. The SMILES string of the molecule is CNCCc1cc(OC)c2cc1CCc1ccc(cc1)Oc1cc(C)c(cc1OC)N(C(=O)c1cccs1)N1CCc3cc(OC)c(OC)c(c3C1)O2. The second-order valence-electron chi connectivity index (χ2n) is 13.1. The molecule has 9 rings (SSSR count). The average molecular weight is 736 g/mol. The van der Waals surface area contributed by atoms with E-state index < -0.39 is 0 Å². The highest BCUT2D eigenvalue weighted by molar-refractivity contribution is 7.12. The quantitative estimate of drug-likeness (QED) is 0.170. The van der Waals surface area contributed by atoms with E-state index in [1.165, 1.54) is 22.5 Å². The van der Waals surface area contributed by atoms with E-state index in [4.69, 9.17) is 28.4 Å². The zero-order valence-electron chi connectivity index (χ0n) is 31.0. The lowest BCUT2D eigenvalue weighted by Gasteiger charge is -2.39. The first-order valence-electron chi connectivity index (χ1n) is 17.7. The zero-order chi connectivity index (χ0) is 37.1. The van der Waals surface area contributed by atoms with E-state index in [0.29, 0.717) is 76.1 Å². The van der Waals surface area contributed by atoms with Gasteiger partial charge in [0, 0.05) is 24.7 Å². The molecule has 1 amide bonds. The van der Waals surface area contributed by atoms with Crippen LogP contribution in [0.2, 0.25) is 0 Å². The summed E-state index contributed by atoms with van der Waals surface area (Å²) < 4.78 is 37.1. The number of anilines is 1. The van der Waals surface area contributed by atoms with Gasteiger partial charge in [0.1, 0.15) is 5.75 Å². The molecule has 276 valence electrons. The summed E-state index contributed by atoms with van der Waals surface area (Å²) in [6.45, 7) is 3.71. The van der Waals surface area contributed by atoms with Crippen molar-refractivity contribution in [3.63, 3.8) is 0 Å². The number of nitrogens with one attached hydrogen (secondary N) is 1. The summed E-state index contributed by atoms with van der Waals surface area (Å²) in [5.41, 5.74) is 6.99. The molecule has 53 heavy (non-hydrogen) atoms. The molecule has 4 aromatic carbocycles. The molecule has 0 fully saturated rings. The van der Waals surface area contributed by atoms with Crippen LogP contribution in [-0.4, -0.2) is 59.5 Å². The molecule has 1 N–H and O–H groups in total. The Hall–Kier alpha value is -5.23. The molecule has 0 spiro atoms. The van der Waals surface area contributed by atoms with Crippen LogP contribution in [0.1, 0.15) is 43.1 Å². The van der Waals surface area contributed by atoms with Crippen molar-refractivity contribution < 1.29 is 33.2 Å². The third-order valence-electron chi connectivity index (χ3n) is 9.89. The third-order valence-corrected chi connectivity index (χ3v) is 10.8. The largest absolute Gasteiger partial charge is 0.493 e. The lowest BCUT2D eigenvalue weighted by atomic mass is 9.96. The molecule has 1 aromatic heterocycles. The third kappa shape index (κ3) is 7.24. The van der Waals surface area contributed by atoms with E-state index in [1.807, 2.05) is 61.8 Å². The van der Waals surface area contributed by atoms with E-state index in [-0.39, 0.29) is 5.91 Å². The van der Waals surface area contributed by atoms with E-state index in [2.05, 4.69) is 34.6 Å². The fourth-order valence-corrected chi connectivity index (χ4v) is 7.75. The van der Waals surface area contributed by atoms with E-state index in [1.54, 1.807) is 33.4 Å². The van der Waals surface area contributed by atoms with Gasteiger partial charge in [-0.05, 0) is 122 Å². The zero-order valence-corrected chi connectivity index (χ0v) is 31.9. The van der Waals surface area contributed by atoms with Gasteiger partial charge in [-0.3, -0.25) is 4.79 Å². The summed E-state index contributed by atoms with van der Waals surface area (Å²) in [6.07, 6.45) is 3.06. The summed E-state index contributed by atoms with van der Waals surface area (Å²) >= 11 is 1.41. The maximum Gasteiger partial charge on any atom is 0.282 e. The Labute approximate surface area is 314 Å². The summed E-state index contributed by atoms with van der Waals surface area (Å²) in [4.78, 5) is 15.2. The molecule has 8 bridgehead atoms. The van der Waals surface area contributed by atoms with Crippen LogP contribution < -0.4 is 38.7 Å². The second kappa shape index (κ2) is 15.8. The second-order valence-corrected chi connectivity index (χ2v) is 14.0. The number of rotatable bonds is 8. The van der Waals surface area contributed by atoms with Crippen molar-refractivity contribution in [1.29, 1.82) is 0 Å². The van der Waals surface area contributed by atoms with Crippen LogP contribution in [0.15, 0.2) is 72.1 Å². The standard InChI is InChI=1S/C42H45N3O7S/c1-26-20-36-35(48-4)24-33(26)45(42(46)39-8-7-19-53-39)44-18-16-30-23-38(49-5)41(50-6)40(32(30)25-44)52-37-22-28(29(15-17-43-2)21-34(37)47-3)12-9-27-10-13-31(51-36)14-11-27/h7-8,10-11,13-14,19-24,43H,9,12,15-18,25H2,1-6H3. The van der Waals surface area contributed by atoms with Crippen molar-refractivity contribution in [3.05, 3.63) is 110 Å². The van der Waals surface area contributed by atoms with Gasteiger partial charge in [0.2, 0.25) is 5.75 Å². The van der Waals surface area contributed by atoms with E-state index in [9.17, 15) is 4.79 Å². The van der Waals surface area contributed by atoms with Crippen molar-refractivity contribution in [3.8, 4) is 46.0 Å². The minimum atomic E-state index is -0.147. The van der Waals surface area contributed by atoms with Gasteiger partial charge in [-0.25, -0.2) is 10.0 Å². The lowest BCUT2D eigenvalue weighted by molar-refractivity contribution is 0.0882. The average Bonchev–Trinajstić information content (AvgIpc) is 3.73. The summed E-state index contributed by atoms with van der Waals surface area (Å²) in [5, 5.41) is 9.02.